The molecule has 8 heteroatoms. The Hall–Kier alpha value is -3.00. The van der Waals surface area contributed by atoms with E-state index in [0.717, 1.165) is 41.2 Å². The molecule has 0 aliphatic carbocycles. The highest BCUT2D eigenvalue weighted by molar-refractivity contribution is 7.98. The summed E-state index contributed by atoms with van der Waals surface area (Å²) in [7, 11) is 0. The van der Waals surface area contributed by atoms with Crippen LogP contribution in [0.1, 0.15) is 72.6 Å². The van der Waals surface area contributed by atoms with Gasteiger partial charge in [-0.05, 0) is 63.4 Å². The Kier molecular flexibility index (Phi) is 9.39. The topological polar surface area (TPSA) is 86.5 Å². The molecule has 0 spiro atoms. The molecule has 0 radical (unpaired) electrons. The van der Waals surface area contributed by atoms with Gasteiger partial charge in [-0.1, -0.05) is 25.1 Å². The molecule has 0 fully saturated rings. The lowest BCUT2D eigenvalue weighted by atomic mass is 10.1. The monoisotopic (exact) mass is 483 g/mol. The van der Waals surface area contributed by atoms with Crippen LogP contribution in [0.2, 0.25) is 0 Å². The van der Waals surface area contributed by atoms with Crippen LogP contribution in [-0.2, 0) is 5.75 Å². The van der Waals surface area contributed by atoms with Crippen molar-refractivity contribution < 1.29 is 18.8 Å². The van der Waals surface area contributed by atoms with Crippen LogP contribution in [-0.4, -0.2) is 29.3 Å². The lowest BCUT2D eigenvalue weighted by molar-refractivity contribution is 0.0936. The minimum atomic E-state index is -0.225. The number of aromatic nitrogens is 2. The molecule has 182 valence electrons. The van der Waals surface area contributed by atoms with Crippen LogP contribution in [0.15, 0.2) is 46.1 Å². The molecule has 3 rings (SSSR count). The second kappa shape index (κ2) is 12.5. The first-order valence-corrected chi connectivity index (χ1v) is 12.6. The lowest BCUT2D eigenvalue weighted by Crippen LogP contribution is -2.27. The van der Waals surface area contributed by atoms with Gasteiger partial charge >= 0.3 is 0 Å². The quantitative estimate of drug-likeness (QED) is 0.314. The molecule has 0 saturated heterocycles. The molecular formula is C26H33N3O4S. The molecule has 1 amide bonds. The van der Waals surface area contributed by atoms with Gasteiger partial charge in [-0.25, -0.2) is 4.98 Å². The first kappa shape index (κ1) is 25.6. The number of benzene rings is 1. The van der Waals surface area contributed by atoms with Crippen molar-refractivity contribution in [2.75, 3.05) is 13.2 Å². The first-order valence-electron chi connectivity index (χ1n) is 11.6. The first-order chi connectivity index (χ1) is 16.4. The molecule has 2 heterocycles. The van der Waals surface area contributed by atoms with Gasteiger partial charge in [-0.2, -0.15) is 0 Å². The van der Waals surface area contributed by atoms with Gasteiger partial charge < -0.3 is 19.3 Å². The van der Waals surface area contributed by atoms with Crippen molar-refractivity contribution in [3.05, 3.63) is 64.7 Å². The van der Waals surface area contributed by atoms with E-state index in [1.54, 1.807) is 18.3 Å². The second-order valence-corrected chi connectivity index (χ2v) is 9.01. The summed E-state index contributed by atoms with van der Waals surface area (Å²) in [6.07, 6.45) is 3.52. The number of thioether (sulfide) groups is 1. The third-order valence-corrected chi connectivity index (χ3v) is 6.32. The number of pyridine rings is 1. The third kappa shape index (κ3) is 6.53. The zero-order valence-electron chi connectivity index (χ0n) is 20.5. The molecule has 1 N–H and O–H groups in total. The molecule has 1 aromatic carbocycles. The Balaban J connectivity index is 1.73. The average molecular weight is 484 g/mol. The zero-order chi connectivity index (χ0) is 24.5. The summed E-state index contributed by atoms with van der Waals surface area (Å²) in [5.41, 5.74) is 3.36. The largest absolute Gasteiger partial charge is 0.490 e. The van der Waals surface area contributed by atoms with Crippen molar-refractivity contribution in [2.45, 2.75) is 64.3 Å². The number of aryl methyl sites for hydroxylation is 2. The Bertz CT molecular complexity index is 1080. The fourth-order valence-electron chi connectivity index (χ4n) is 3.33. The molecular weight excluding hydrogens is 450 g/mol. The molecule has 0 aliphatic heterocycles. The second-order valence-electron chi connectivity index (χ2n) is 8.05. The molecule has 7 nitrogen and oxygen atoms in total. The number of nitrogens with one attached hydrogen (secondary N) is 1. The average Bonchev–Trinajstić information content (AvgIpc) is 3.17. The van der Waals surface area contributed by atoms with E-state index in [1.165, 1.54) is 11.8 Å². The van der Waals surface area contributed by atoms with Gasteiger partial charge in [0.15, 0.2) is 11.5 Å². The smallest absolute Gasteiger partial charge is 0.254 e. The number of rotatable bonds is 12. The lowest BCUT2D eigenvalue weighted by Gasteiger charge is -2.18. The van der Waals surface area contributed by atoms with Crippen molar-refractivity contribution in [1.82, 2.24) is 15.5 Å². The predicted molar refractivity (Wildman–Crippen MR) is 134 cm³/mol. The van der Waals surface area contributed by atoms with Crippen LogP contribution in [0, 0.1) is 13.8 Å². The van der Waals surface area contributed by atoms with Crippen LogP contribution in [0.4, 0.5) is 0 Å². The highest BCUT2D eigenvalue weighted by Crippen LogP contribution is 2.32. The predicted octanol–water partition coefficient (Wildman–Crippen LogP) is 6.05. The number of hydrogen-bond donors (Lipinski definition) is 1. The maximum absolute atomic E-state index is 13.2. The summed E-state index contributed by atoms with van der Waals surface area (Å²) in [5, 5.41) is 7.76. The van der Waals surface area contributed by atoms with Gasteiger partial charge in [-0.15, -0.1) is 11.8 Å². The van der Waals surface area contributed by atoms with Crippen LogP contribution in [0.25, 0.3) is 0 Å². The molecule has 34 heavy (non-hydrogen) atoms. The number of ether oxygens (including phenoxy) is 2. The maximum Gasteiger partial charge on any atom is 0.254 e. The van der Waals surface area contributed by atoms with Crippen LogP contribution in [0.5, 0.6) is 11.5 Å². The van der Waals surface area contributed by atoms with Crippen molar-refractivity contribution in [3.8, 4) is 11.5 Å². The molecule has 0 bridgehead atoms. The van der Waals surface area contributed by atoms with E-state index in [9.17, 15) is 4.79 Å². The summed E-state index contributed by atoms with van der Waals surface area (Å²) >= 11 is 1.50. The molecule has 1 atom stereocenters. The Morgan fingerprint density at radius 3 is 2.53 bits per heavy atom. The van der Waals surface area contributed by atoms with Gasteiger partial charge in [0.25, 0.3) is 5.91 Å². The highest BCUT2D eigenvalue weighted by Gasteiger charge is 2.19. The number of nitrogens with zero attached hydrogens (tertiary/aromatic N) is 2. The van der Waals surface area contributed by atoms with E-state index in [0.29, 0.717) is 35.3 Å². The number of hydrogen-bond acceptors (Lipinski definition) is 7. The number of carbonyl (C=O) groups is 1. The summed E-state index contributed by atoms with van der Waals surface area (Å²) in [4.78, 5) is 17.6. The van der Waals surface area contributed by atoms with Crippen molar-refractivity contribution in [1.29, 1.82) is 0 Å². The summed E-state index contributed by atoms with van der Waals surface area (Å²) < 4.78 is 17.0. The van der Waals surface area contributed by atoms with E-state index in [-0.39, 0.29) is 11.9 Å². The summed E-state index contributed by atoms with van der Waals surface area (Å²) in [6, 6.07) is 9.16. The van der Waals surface area contributed by atoms with Crippen molar-refractivity contribution in [3.63, 3.8) is 0 Å². The SMILES string of the molecule is CCCOc1ccc(C(C)NC(=O)c2cccnc2SCc2c(C)noc2C)cc1OCCC. The van der Waals surface area contributed by atoms with E-state index >= 15 is 0 Å². The highest BCUT2D eigenvalue weighted by atomic mass is 32.2. The Morgan fingerprint density at radius 1 is 1.12 bits per heavy atom. The summed E-state index contributed by atoms with van der Waals surface area (Å²) in [6.45, 7) is 11.1. The molecule has 3 aromatic rings. The van der Waals surface area contributed by atoms with Crippen molar-refractivity contribution in [2.24, 2.45) is 0 Å². The van der Waals surface area contributed by atoms with Crippen LogP contribution in [0.3, 0.4) is 0 Å². The van der Waals surface area contributed by atoms with E-state index < -0.39 is 0 Å². The maximum atomic E-state index is 13.2. The zero-order valence-corrected chi connectivity index (χ0v) is 21.3. The Morgan fingerprint density at radius 2 is 1.85 bits per heavy atom. The minimum Gasteiger partial charge on any atom is -0.490 e. The fraction of sp³-hybridized carbons (Fsp3) is 0.423. The van der Waals surface area contributed by atoms with Gasteiger partial charge in [0.2, 0.25) is 0 Å². The van der Waals surface area contributed by atoms with E-state index in [2.05, 4.69) is 29.3 Å². The number of carbonyl (C=O) groups excluding carboxylic acids is 1. The molecule has 1 unspecified atom stereocenters. The van der Waals surface area contributed by atoms with Gasteiger partial charge in [0.05, 0.1) is 30.5 Å². The van der Waals surface area contributed by atoms with Gasteiger partial charge in [-0.3, -0.25) is 4.79 Å². The fourth-order valence-corrected chi connectivity index (χ4v) is 4.48. The summed E-state index contributed by atoms with van der Waals surface area (Å²) in [5.74, 6) is 2.66. The molecule has 2 aromatic heterocycles. The standard InChI is InChI=1S/C26H33N3O4S/c1-6-13-31-23-11-10-20(15-24(23)32-14-7-2)17(3)28-25(30)21-9-8-12-27-26(21)34-16-22-18(4)29-33-19(22)5/h8-12,15,17H,6-7,13-14,16H2,1-5H3,(H,28,30). The van der Waals surface area contributed by atoms with Gasteiger partial charge in [0, 0.05) is 17.5 Å². The Labute approximate surface area is 205 Å². The molecule has 0 saturated carbocycles. The van der Waals surface area contributed by atoms with Crippen LogP contribution >= 0.6 is 11.8 Å². The van der Waals surface area contributed by atoms with Gasteiger partial charge in [0.1, 0.15) is 10.8 Å². The minimum absolute atomic E-state index is 0.177. The van der Waals surface area contributed by atoms with Crippen molar-refractivity contribution >= 4 is 17.7 Å². The normalized spacial score (nSPS) is 11.8. The third-order valence-electron chi connectivity index (χ3n) is 5.29. The van der Waals surface area contributed by atoms with Crippen LogP contribution < -0.4 is 14.8 Å². The molecule has 0 aliphatic rings. The van der Waals surface area contributed by atoms with E-state index in [1.807, 2.05) is 39.0 Å². The van der Waals surface area contributed by atoms with E-state index in [4.69, 9.17) is 14.0 Å². The number of amides is 1.